The van der Waals surface area contributed by atoms with Crippen molar-refractivity contribution in [3.63, 3.8) is 0 Å². The Morgan fingerprint density at radius 1 is 1.38 bits per heavy atom. The SMILES string of the molecule is CC1(C(=O)O)CCCN(S(=O)(=O)c2cc(Cl)ccc2Cl)C1. The van der Waals surface area contributed by atoms with E-state index in [9.17, 15) is 18.3 Å². The molecule has 1 aromatic carbocycles. The van der Waals surface area contributed by atoms with Crippen LogP contribution >= 0.6 is 23.2 Å². The Labute approximate surface area is 133 Å². The van der Waals surface area contributed by atoms with Crippen molar-refractivity contribution in [2.45, 2.75) is 24.7 Å². The van der Waals surface area contributed by atoms with Crippen molar-refractivity contribution in [1.29, 1.82) is 0 Å². The number of hydrogen-bond acceptors (Lipinski definition) is 3. The van der Waals surface area contributed by atoms with Gasteiger partial charge in [0.05, 0.1) is 10.4 Å². The molecule has 8 heteroatoms. The van der Waals surface area contributed by atoms with E-state index in [0.29, 0.717) is 12.8 Å². The summed E-state index contributed by atoms with van der Waals surface area (Å²) in [6.45, 7) is 1.75. The van der Waals surface area contributed by atoms with E-state index >= 15 is 0 Å². The molecule has 1 fully saturated rings. The molecule has 2 rings (SSSR count). The van der Waals surface area contributed by atoms with E-state index in [-0.39, 0.29) is 28.0 Å². The molecule has 1 aliphatic heterocycles. The van der Waals surface area contributed by atoms with E-state index in [4.69, 9.17) is 23.2 Å². The zero-order valence-corrected chi connectivity index (χ0v) is 13.7. The number of hydrogen-bond donors (Lipinski definition) is 1. The highest BCUT2D eigenvalue weighted by Gasteiger charge is 2.42. The van der Waals surface area contributed by atoms with Gasteiger partial charge in [-0.1, -0.05) is 23.2 Å². The molecule has 116 valence electrons. The van der Waals surface area contributed by atoms with Crippen molar-refractivity contribution in [1.82, 2.24) is 4.31 Å². The molecule has 1 unspecified atom stereocenters. The van der Waals surface area contributed by atoms with Crippen LogP contribution in [0, 0.1) is 5.41 Å². The van der Waals surface area contributed by atoms with Crippen molar-refractivity contribution in [2.75, 3.05) is 13.1 Å². The Bertz CT molecular complexity index is 677. The molecular weight excluding hydrogens is 337 g/mol. The fraction of sp³-hybridized carbons (Fsp3) is 0.462. The molecule has 1 heterocycles. The lowest BCUT2D eigenvalue weighted by Gasteiger charge is -2.36. The average Bonchev–Trinajstić information content (AvgIpc) is 2.41. The molecule has 1 N–H and O–H groups in total. The van der Waals surface area contributed by atoms with Gasteiger partial charge in [0, 0.05) is 18.1 Å². The summed E-state index contributed by atoms with van der Waals surface area (Å²) in [4.78, 5) is 11.2. The van der Waals surface area contributed by atoms with Gasteiger partial charge >= 0.3 is 5.97 Å². The largest absolute Gasteiger partial charge is 0.481 e. The number of nitrogens with zero attached hydrogens (tertiary/aromatic N) is 1. The van der Waals surface area contributed by atoms with Crippen molar-refractivity contribution >= 4 is 39.2 Å². The maximum atomic E-state index is 12.7. The summed E-state index contributed by atoms with van der Waals surface area (Å²) in [5.41, 5.74) is -1.09. The fourth-order valence-corrected chi connectivity index (χ4v) is 4.73. The molecule has 1 aromatic rings. The van der Waals surface area contributed by atoms with Crippen LogP contribution in [0.5, 0.6) is 0 Å². The molecule has 1 aliphatic rings. The number of carbonyl (C=O) groups is 1. The van der Waals surface area contributed by atoms with Gasteiger partial charge in [-0.15, -0.1) is 0 Å². The number of benzene rings is 1. The lowest BCUT2D eigenvalue weighted by Crippen LogP contribution is -2.48. The second kappa shape index (κ2) is 5.76. The minimum atomic E-state index is -3.87. The molecule has 1 saturated heterocycles. The molecule has 1 atom stereocenters. The molecule has 0 amide bonds. The Morgan fingerprint density at radius 2 is 2.05 bits per heavy atom. The van der Waals surface area contributed by atoms with E-state index < -0.39 is 21.4 Å². The smallest absolute Gasteiger partial charge is 0.310 e. The van der Waals surface area contributed by atoms with Crippen molar-refractivity contribution in [2.24, 2.45) is 5.41 Å². The molecule has 0 bridgehead atoms. The first-order chi connectivity index (χ1) is 9.67. The molecule has 0 radical (unpaired) electrons. The van der Waals surface area contributed by atoms with Crippen LogP contribution in [0.25, 0.3) is 0 Å². The predicted octanol–water partition coefficient (Wildman–Crippen LogP) is 2.87. The summed E-state index contributed by atoms with van der Waals surface area (Å²) in [6.07, 6.45) is 0.928. The van der Waals surface area contributed by atoms with Crippen LogP contribution in [-0.4, -0.2) is 36.9 Å². The van der Waals surface area contributed by atoms with Crippen LogP contribution in [0.3, 0.4) is 0 Å². The van der Waals surface area contributed by atoms with E-state index in [1.165, 1.54) is 22.5 Å². The number of halogens is 2. The van der Waals surface area contributed by atoms with Gasteiger partial charge in [-0.2, -0.15) is 4.31 Å². The number of carboxylic acids is 1. The average molecular weight is 352 g/mol. The fourth-order valence-electron chi connectivity index (χ4n) is 2.39. The van der Waals surface area contributed by atoms with Crippen LogP contribution in [0.4, 0.5) is 0 Å². The second-order valence-electron chi connectivity index (χ2n) is 5.38. The first-order valence-corrected chi connectivity index (χ1v) is 8.55. The van der Waals surface area contributed by atoms with Gasteiger partial charge in [0.25, 0.3) is 0 Å². The van der Waals surface area contributed by atoms with Crippen LogP contribution in [0.2, 0.25) is 10.0 Å². The van der Waals surface area contributed by atoms with E-state index in [0.717, 1.165) is 0 Å². The topological polar surface area (TPSA) is 74.7 Å². The van der Waals surface area contributed by atoms with Crippen molar-refractivity contribution in [3.05, 3.63) is 28.2 Å². The highest BCUT2D eigenvalue weighted by atomic mass is 35.5. The summed E-state index contributed by atoms with van der Waals surface area (Å²) in [6, 6.07) is 4.20. The third-order valence-corrected chi connectivity index (χ3v) is 6.25. The number of carboxylic acid groups (broad SMARTS) is 1. The molecule has 0 aliphatic carbocycles. The zero-order valence-electron chi connectivity index (χ0n) is 11.3. The minimum absolute atomic E-state index is 0.0713. The minimum Gasteiger partial charge on any atom is -0.481 e. The quantitative estimate of drug-likeness (QED) is 0.908. The van der Waals surface area contributed by atoms with Gasteiger partial charge in [-0.05, 0) is 38.0 Å². The van der Waals surface area contributed by atoms with Crippen LogP contribution in [-0.2, 0) is 14.8 Å². The van der Waals surface area contributed by atoms with Crippen LogP contribution in [0.15, 0.2) is 23.1 Å². The molecule has 21 heavy (non-hydrogen) atoms. The molecular formula is C13H15Cl2NO4S. The van der Waals surface area contributed by atoms with Gasteiger partial charge in [0.1, 0.15) is 4.90 Å². The van der Waals surface area contributed by atoms with Gasteiger partial charge in [-0.3, -0.25) is 4.79 Å². The Balaban J connectivity index is 2.40. The predicted molar refractivity (Wildman–Crippen MR) is 80.2 cm³/mol. The zero-order chi connectivity index (χ0) is 15.8. The third kappa shape index (κ3) is 3.18. The van der Waals surface area contributed by atoms with Crippen molar-refractivity contribution in [3.8, 4) is 0 Å². The second-order valence-corrected chi connectivity index (χ2v) is 8.13. The number of aliphatic carboxylic acids is 1. The van der Waals surface area contributed by atoms with E-state index in [1.807, 2.05) is 0 Å². The highest BCUT2D eigenvalue weighted by Crippen LogP contribution is 2.35. The Morgan fingerprint density at radius 3 is 2.67 bits per heavy atom. The normalized spacial score (nSPS) is 24.0. The van der Waals surface area contributed by atoms with Gasteiger partial charge in [0.2, 0.25) is 10.0 Å². The molecule has 0 saturated carbocycles. The highest BCUT2D eigenvalue weighted by molar-refractivity contribution is 7.89. The maximum absolute atomic E-state index is 12.7. The monoisotopic (exact) mass is 351 g/mol. The van der Waals surface area contributed by atoms with E-state index in [1.54, 1.807) is 6.92 Å². The lowest BCUT2D eigenvalue weighted by molar-refractivity contribution is -0.150. The summed E-state index contributed by atoms with van der Waals surface area (Å²) in [7, 11) is -3.87. The van der Waals surface area contributed by atoms with Gasteiger partial charge < -0.3 is 5.11 Å². The van der Waals surface area contributed by atoms with Crippen LogP contribution in [0.1, 0.15) is 19.8 Å². The molecule has 0 aromatic heterocycles. The van der Waals surface area contributed by atoms with Gasteiger partial charge in [-0.25, -0.2) is 8.42 Å². The first kappa shape index (κ1) is 16.5. The van der Waals surface area contributed by atoms with Crippen LogP contribution < -0.4 is 0 Å². The standard InChI is InChI=1S/C13H15Cl2NO4S/c1-13(12(17)18)5-2-6-16(8-13)21(19,20)11-7-9(14)3-4-10(11)15/h3-4,7H,2,5-6,8H2,1H3,(H,17,18). The summed E-state index contributed by atoms with van der Waals surface area (Å²) in [5, 5.41) is 9.61. The van der Waals surface area contributed by atoms with Crippen molar-refractivity contribution < 1.29 is 18.3 Å². The lowest BCUT2D eigenvalue weighted by atomic mass is 9.83. The molecule has 5 nitrogen and oxygen atoms in total. The Kier molecular flexibility index (Phi) is 4.54. The number of piperidine rings is 1. The first-order valence-electron chi connectivity index (χ1n) is 6.35. The van der Waals surface area contributed by atoms with Gasteiger partial charge in [0.15, 0.2) is 0 Å². The summed E-state index contributed by atoms with van der Waals surface area (Å²) >= 11 is 11.8. The van der Waals surface area contributed by atoms with E-state index in [2.05, 4.69) is 0 Å². The maximum Gasteiger partial charge on any atom is 0.310 e. The number of rotatable bonds is 3. The summed E-state index contributed by atoms with van der Waals surface area (Å²) < 4.78 is 26.5. The Hall–Kier alpha value is -0.820. The third-order valence-electron chi connectivity index (χ3n) is 3.69. The number of sulfonamides is 1. The summed E-state index contributed by atoms with van der Waals surface area (Å²) in [5.74, 6) is -1.00. The molecule has 0 spiro atoms.